The van der Waals surface area contributed by atoms with Crippen LogP contribution in [-0.2, 0) is 4.79 Å². The third-order valence-electron chi connectivity index (χ3n) is 3.43. The summed E-state index contributed by atoms with van der Waals surface area (Å²) in [7, 11) is 0. The van der Waals surface area contributed by atoms with E-state index in [0.717, 1.165) is 5.56 Å². The number of carbonyl (C=O) groups excluding carboxylic acids is 1. The van der Waals surface area contributed by atoms with Crippen molar-refractivity contribution in [1.29, 1.82) is 0 Å². The molecule has 7 heteroatoms. The van der Waals surface area contributed by atoms with Gasteiger partial charge in [0.2, 0.25) is 5.91 Å². The molecule has 1 amide bonds. The van der Waals surface area contributed by atoms with Crippen molar-refractivity contribution in [2.45, 2.75) is 44.0 Å². The van der Waals surface area contributed by atoms with Crippen LogP contribution in [-0.4, -0.2) is 21.1 Å². The van der Waals surface area contributed by atoms with Crippen molar-refractivity contribution >= 4 is 35.0 Å². The van der Waals surface area contributed by atoms with Gasteiger partial charge in [-0.2, -0.15) is 0 Å². The van der Waals surface area contributed by atoms with E-state index in [4.69, 9.17) is 11.6 Å². The predicted molar refractivity (Wildman–Crippen MR) is 99.1 cm³/mol. The number of H-pyrrole nitrogens is 1. The molecule has 2 rings (SSSR count). The molecule has 5 nitrogen and oxygen atoms in total. The highest BCUT2D eigenvalue weighted by Gasteiger charge is 2.17. The van der Waals surface area contributed by atoms with Crippen LogP contribution in [0, 0.1) is 6.92 Å². The summed E-state index contributed by atoms with van der Waals surface area (Å²) in [5.74, 6) is -0.0389. The van der Waals surface area contributed by atoms with E-state index in [2.05, 4.69) is 15.3 Å². The summed E-state index contributed by atoms with van der Waals surface area (Å²) in [5.41, 5.74) is 2.08. The molecule has 0 fully saturated rings. The minimum Gasteiger partial charge on any atom is -0.325 e. The second-order valence-electron chi connectivity index (χ2n) is 5.84. The maximum absolute atomic E-state index is 12.3. The van der Waals surface area contributed by atoms with E-state index in [1.54, 1.807) is 19.1 Å². The number of rotatable bonds is 5. The fourth-order valence-corrected chi connectivity index (χ4v) is 2.94. The Kier molecular flexibility index (Phi) is 6.07. The van der Waals surface area contributed by atoms with Crippen LogP contribution in [0.3, 0.4) is 0 Å². The Morgan fingerprint density at radius 3 is 2.62 bits per heavy atom. The number of nitrogens with zero attached hydrogens (tertiary/aromatic N) is 1. The number of halogens is 1. The summed E-state index contributed by atoms with van der Waals surface area (Å²) in [6, 6.07) is 6.84. The maximum atomic E-state index is 12.3. The summed E-state index contributed by atoms with van der Waals surface area (Å²) in [5, 5.41) is 3.44. The van der Waals surface area contributed by atoms with Gasteiger partial charge in [0.25, 0.3) is 5.56 Å². The largest absolute Gasteiger partial charge is 0.325 e. The molecule has 24 heavy (non-hydrogen) atoms. The molecule has 0 spiro atoms. The number of aromatic amines is 1. The molecule has 0 aliphatic carbocycles. The van der Waals surface area contributed by atoms with Gasteiger partial charge in [0.05, 0.1) is 10.9 Å². The zero-order chi connectivity index (χ0) is 17.9. The average Bonchev–Trinajstić information content (AvgIpc) is 2.50. The van der Waals surface area contributed by atoms with Crippen molar-refractivity contribution in [3.05, 3.63) is 50.9 Å². The molecule has 0 aliphatic heterocycles. The zero-order valence-electron chi connectivity index (χ0n) is 14.0. The van der Waals surface area contributed by atoms with Gasteiger partial charge in [-0.25, -0.2) is 4.98 Å². The monoisotopic (exact) mass is 365 g/mol. The molecular weight excluding hydrogens is 346 g/mol. The van der Waals surface area contributed by atoms with Crippen LogP contribution in [0.5, 0.6) is 0 Å². The van der Waals surface area contributed by atoms with Crippen LogP contribution in [0.1, 0.15) is 37.9 Å². The van der Waals surface area contributed by atoms with Gasteiger partial charge in [-0.3, -0.25) is 9.59 Å². The number of thioether (sulfide) groups is 1. The molecule has 0 bridgehead atoms. The number of benzene rings is 1. The van der Waals surface area contributed by atoms with Gasteiger partial charge in [0, 0.05) is 16.8 Å². The summed E-state index contributed by atoms with van der Waals surface area (Å²) in [6.07, 6.45) is 0. The summed E-state index contributed by atoms with van der Waals surface area (Å²) < 4.78 is 0. The first kappa shape index (κ1) is 18.5. The number of hydrogen-bond donors (Lipinski definition) is 2. The van der Waals surface area contributed by atoms with Gasteiger partial charge in [0.1, 0.15) is 0 Å². The van der Waals surface area contributed by atoms with Crippen molar-refractivity contribution in [3.8, 4) is 0 Å². The number of carbonyl (C=O) groups is 1. The number of nitrogens with one attached hydrogen (secondary N) is 2. The molecule has 2 N–H and O–H groups in total. The fourth-order valence-electron chi connectivity index (χ4n) is 1.94. The summed E-state index contributed by atoms with van der Waals surface area (Å²) >= 11 is 7.28. The van der Waals surface area contributed by atoms with Crippen molar-refractivity contribution < 1.29 is 4.79 Å². The third-order valence-corrected chi connectivity index (χ3v) is 4.82. The summed E-state index contributed by atoms with van der Waals surface area (Å²) in [4.78, 5) is 31.1. The van der Waals surface area contributed by atoms with Crippen molar-refractivity contribution in [1.82, 2.24) is 9.97 Å². The van der Waals surface area contributed by atoms with E-state index in [9.17, 15) is 9.59 Å². The molecule has 2 aromatic rings. The first-order valence-electron chi connectivity index (χ1n) is 7.61. The predicted octanol–water partition coefficient (Wildman–Crippen LogP) is 3.97. The Balaban J connectivity index is 2.08. The molecule has 0 radical (unpaired) electrons. The second kappa shape index (κ2) is 7.85. The van der Waals surface area contributed by atoms with Gasteiger partial charge in [-0.05, 0) is 37.5 Å². The topological polar surface area (TPSA) is 74.8 Å². The Morgan fingerprint density at radius 1 is 1.29 bits per heavy atom. The molecule has 1 aromatic heterocycles. The molecule has 1 atom stereocenters. The highest BCUT2D eigenvalue weighted by atomic mass is 35.5. The lowest BCUT2D eigenvalue weighted by Gasteiger charge is -2.13. The van der Waals surface area contributed by atoms with Crippen LogP contribution >= 0.6 is 23.4 Å². The third kappa shape index (κ3) is 4.85. The van der Waals surface area contributed by atoms with Gasteiger partial charge < -0.3 is 10.3 Å². The Labute approximate surface area is 150 Å². The number of anilines is 1. The quantitative estimate of drug-likeness (QED) is 0.621. The lowest BCUT2D eigenvalue weighted by atomic mass is 10.1. The minimum absolute atomic E-state index is 0.144. The first-order chi connectivity index (χ1) is 11.3. The molecule has 0 aliphatic rings. The smallest absolute Gasteiger partial charge is 0.251 e. The van der Waals surface area contributed by atoms with Crippen molar-refractivity contribution in [3.63, 3.8) is 0 Å². The number of amides is 1. The van der Waals surface area contributed by atoms with Crippen LogP contribution < -0.4 is 10.9 Å². The van der Waals surface area contributed by atoms with E-state index in [0.29, 0.717) is 21.6 Å². The van der Waals surface area contributed by atoms with Crippen LogP contribution in [0.25, 0.3) is 0 Å². The lowest BCUT2D eigenvalue weighted by Crippen LogP contribution is -2.23. The van der Waals surface area contributed by atoms with E-state index < -0.39 is 5.25 Å². The highest BCUT2D eigenvalue weighted by Crippen LogP contribution is 2.23. The zero-order valence-corrected chi connectivity index (χ0v) is 15.6. The fraction of sp³-hybridized carbons (Fsp3) is 0.353. The van der Waals surface area contributed by atoms with Gasteiger partial charge in [0.15, 0.2) is 5.16 Å². The van der Waals surface area contributed by atoms with Gasteiger partial charge in [-0.15, -0.1) is 0 Å². The molecule has 0 saturated carbocycles. The van der Waals surface area contributed by atoms with Gasteiger partial charge in [-0.1, -0.05) is 43.3 Å². The molecule has 1 unspecified atom stereocenters. The minimum atomic E-state index is -0.421. The number of aryl methyl sites for hydroxylation is 1. The standard InChI is InChI=1S/C17H20ClN3O2S/c1-9(2)14-8-15(22)21-17(20-14)24-11(4)16(23)19-12-6-5-10(3)13(18)7-12/h5-9,11H,1-4H3,(H,19,23)(H,20,21,22). The lowest BCUT2D eigenvalue weighted by molar-refractivity contribution is -0.115. The van der Waals surface area contributed by atoms with Crippen molar-refractivity contribution in [2.75, 3.05) is 5.32 Å². The molecule has 1 aromatic carbocycles. The number of hydrogen-bond acceptors (Lipinski definition) is 4. The number of aromatic nitrogens is 2. The molecular formula is C17H20ClN3O2S. The average molecular weight is 366 g/mol. The normalized spacial score (nSPS) is 12.2. The Bertz CT molecular complexity index is 805. The first-order valence-corrected chi connectivity index (χ1v) is 8.87. The summed E-state index contributed by atoms with van der Waals surface area (Å²) in [6.45, 7) is 7.59. The van der Waals surface area contributed by atoms with Crippen LogP contribution in [0.2, 0.25) is 5.02 Å². The highest BCUT2D eigenvalue weighted by molar-refractivity contribution is 8.00. The van der Waals surface area contributed by atoms with E-state index in [1.165, 1.54) is 17.8 Å². The molecule has 1 heterocycles. The molecule has 128 valence electrons. The van der Waals surface area contributed by atoms with Gasteiger partial charge >= 0.3 is 0 Å². The van der Waals surface area contributed by atoms with E-state index in [-0.39, 0.29) is 17.4 Å². The Morgan fingerprint density at radius 2 is 2.00 bits per heavy atom. The van der Waals surface area contributed by atoms with E-state index in [1.807, 2.05) is 26.8 Å². The van der Waals surface area contributed by atoms with Crippen LogP contribution in [0.4, 0.5) is 5.69 Å². The maximum Gasteiger partial charge on any atom is 0.251 e. The van der Waals surface area contributed by atoms with Crippen LogP contribution in [0.15, 0.2) is 34.2 Å². The van der Waals surface area contributed by atoms with E-state index >= 15 is 0 Å². The second-order valence-corrected chi connectivity index (χ2v) is 7.58. The SMILES string of the molecule is Cc1ccc(NC(=O)C(C)Sc2nc(C(C)C)cc(=O)[nH]2)cc1Cl. The Hall–Kier alpha value is -1.79. The van der Waals surface area contributed by atoms with Crippen molar-refractivity contribution in [2.24, 2.45) is 0 Å². The molecule has 0 saturated heterocycles.